The Kier molecular flexibility index (Phi) is 3.04. The van der Waals surface area contributed by atoms with E-state index >= 15 is 0 Å². The van der Waals surface area contributed by atoms with Crippen LogP contribution < -0.4 is 5.32 Å². The molecular formula is C14H12N4O2. The number of anilines is 1. The van der Waals surface area contributed by atoms with Crippen LogP contribution in [-0.4, -0.2) is 14.3 Å². The summed E-state index contributed by atoms with van der Waals surface area (Å²) in [5.41, 5.74) is 1.96. The molecule has 0 saturated carbocycles. The number of aromatic nitrogens is 2. The maximum absolute atomic E-state index is 10.6. The van der Waals surface area contributed by atoms with Crippen molar-refractivity contribution in [1.82, 2.24) is 9.38 Å². The molecule has 2 aromatic heterocycles. The zero-order valence-corrected chi connectivity index (χ0v) is 10.6. The van der Waals surface area contributed by atoms with Crippen molar-refractivity contribution in [2.24, 2.45) is 0 Å². The van der Waals surface area contributed by atoms with Crippen molar-refractivity contribution in [3.05, 3.63) is 70.5 Å². The first-order chi connectivity index (χ1) is 9.74. The molecule has 20 heavy (non-hydrogen) atoms. The Hall–Kier alpha value is -2.89. The molecule has 0 bridgehead atoms. The number of rotatable bonds is 4. The number of nitrogens with one attached hydrogen (secondary N) is 1. The summed E-state index contributed by atoms with van der Waals surface area (Å²) in [7, 11) is 0. The van der Waals surface area contributed by atoms with Gasteiger partial charge in [0.15, 0.2) is 0 Å². The Morgan fingerprint density at radius 2 is 2.00 bits per heavy atom. The van der Waals surface area contributed by atoms with Crippen molar-refractivity contribution in [1.29, 1.82) is 0 Å². The fourth-order valence-electron chi connectivity index (χ4n) is 2.02. The van der Waals surface area contributed by atoms with E-state index in [-0.39, 0.29) is 5.69 Å². The first kappa shape index (κ1) is 12.2. The molecule has 0 atom stereocenters. The van der Waals surface area contributed by atoms with E-state index in [0.717, 1.165) is 17.0 Å². The van der Waals surface area contributed by atoms with Gasteiger partial charge in [0.05, 0.1) is 4.92 Å². The number of hydrogen-bond donors (Lipinski definition) is 1. The minimum absolute atomic E-state index is 0.102. The largest absolute Gasteiger partial charge is 0.367 e. The summed E-state index contributed by atoms with van der Waals surface area (Å²) in [6.45, 7) is 0.593. The molecule has 0 saturated heterocycles. The van der Waals surface area contributed by atoms with E-state index in [1.54, 1.807) is 18.3 Å². The summed E-state index contributed by atoms with van der Waals surface area (Å²) in [6, 6.07) is 12.3. The highest BCUT2D eigenvalue weighted by Gasteiger charge is 2.04. The standard InChI is InChI=1S/C14H12N4O2/c19-18(20)12-6-4-11(5-7-12)10-16-14-3-1-2-13-15-8-9-17(13)14/h1-9,16H,10H2. The molecule has 6 heteroatoms. The van der Waals surface area contributed by atoms with Gasteiger partial charge in [-0.1, -0.05) is 18.2 Å². The molecule has 1 aromatic carbocycles. The summed E-state index contributed by atoms with van der Waals surface area (Å²) in [5.74, 6) is 0.929. The summed E-state index contributed by atoms with van der Waals surface area (Å²) >= 11 is 0. The third kappa shape index (κ3) is 2.31. The number of nitrogens with zero attached hydrogens (tertiary/aromatic N) is 3. The maximum atomic E-state index is 10.6. The minimum Gasteiger partial charge on any atom is -0.367 e. The molecule has 100 valence electrons. The van der Waals surface area contributed by atoms with Crippen LogP contribution in [0.1, 0.15) is 5.56 Å². The zero-order valence-electron chi connectivity index (χ0n) is 10.6. The highest BCUT2D eigenvalue weighted by Crippen LogP contribution is 2.15. The average molecular weight is 268 g/mol. The van der Waals surface area contributed by atoms with Gasteiger partial charge in [0.25, 0.3) is 5.69 Å². The van der Waals surface area contributed by atoms with Gasteiger partial charge in [0.1, 0.15) is 11.5 Å². The average Bonchev–Trinajstić information content (AvgIpc) is 2.94. The van der Waals surface area contributed by atoms with E-state index in [4.69, 9.17) is 0 Å². The van der Waals surface area contributed by atoms with Crippen molar-refractivity contribution in [2.75, 3.05) is 5.32 Å². The second-order valence-electron chi connectivity index (χ2n) is 4.34. The third-order valence-electron chi connectivity index (χ3n) is 3.05. The molecule has 0 spiro atoms. The van der Waals surface area contributed by atoms with Crippen molar-refractivity contribution in [3.8, 4) is 0 Å². The van der Waals surface area contributed by atoms with Crippen molar-refractivity contribution >= 4 is 17.2 Å². The molecule has 1 N–H and O–H groups in total. The maximum Gasteiger partial charge on any atom is 0.269 e. The summed E-state index contributed by atoms with van der Waals surface area (Å²) in [4.78, 5) is 14.4. The minimum atomic E-state index is -0.399. The SMILES string of the molecule is O=[N+]([O-])c1ccc(CNc2cccc3nccn23)cc1. The van der Waals surface area contributed by atoms with Gasteiger partial charge in [-0.25, -0.2) is 4.98 Å². The molecule has 0 aliphatic rings. The number of hydrogen-bond acceptors (Lipinski definition) is 4. The lowest BCUT2D eigenvalue weighted by atomic mass is 10.2. The predicted octanol–water partition coefficient (Wildman–Crippen LogP) is 2.85. The van der Waals surface area contributed by atoms with E-state index in [9.17, 15) is 10.1 Å². The van der Waals surface area contributed by atoms with Crippen LogP contribution in [0.15, 0.2) is 54.9 Å². The number of non-ortho nitro benzene ring substituents is 1. The Labute approximate surface area is 114 Å². The van der Waals surface area contributed by atoms with Crippen LogP contribution in [0, 0.1) is 10.1 Å². The van der Waals surface area contributed by atoms with Crippen LogP contribution >= 0.6 is 0 Å². The monoisotopic (exact) mass is 268 g/mol. The highest BCUT2D eigenvalue weighted by atomic mass is 16.6. The molecule has 0 unspecified atom stereocenters. The van der Waals surface area contributed by atoms with Gasteiger partial charge in [-0.3, -0.25) is 14.5 Å². The van der Waals surface area contributed by atoms with Gasteiger partial charge < -0.3 is 5.32 Å². The smallest absolute Gasteiger partial charge is 0.269 e. The number of pyridine rings is 1. The normalized spacial score (nSPS) is 10.6. The van der Waals surface area contributed by atoms with E-state index in [2.05, 4.69) is 10.3 Å². The Morgan fingerprint density at radius 3 is 2.75 bits per heavy atom. The number of imidazole rings is 1. The predicted molar refractivity (Wildman–Crippen MR) is 75.6 cm³/mol. The summed E-state index contributed by atoms with van der Waals surface area (Å²) < 4.78 is 1.95. The van der Waals surface area contributed by atoms with E-state index in [0.29, 0.717) is 6.54 Å². The van der Waals surface area contributed by atoms with Gasteiger partial charge in [-0.2, -0.15) is 0 Å². The Balaban J connectivity index is 1.76. The second-order valence-corrected chi connectivity index (χ2v) is 4.34. The molecular weight excluding hydrogens is 256 g/mol. The quantitative estimate of drug-likeness (QED) is 0.583. The number of benzene rings is 1. The van der Waals surface area contributed by atoms with Crippen LogP contribution in [0.25, 0.3) is 5.65 Å². The molecule has 2 heterocycles. The van der Waals surface area contributed by atoms with Crippen LogP contribution in [-0.2, 0) is 6.54 Å². The summed E-state index contributed by atoms with van der Waals surface area (Å²) in [5, 5.41) is 13.9. The lowest BCUT2D eigenvalue weighted by Crippen LogP contribution is -2.03. The fourth-order valence-corrected chi connectivity index (χ4v) is 2.02. The van der Waals surface area contributed by atoms with E-state index in [1.165, 1.54) is 12.1 Å². The lowest BCUT2D eigenvalue weighted by molar-refractivity contribution is -0.384. The van der Waals surface area contributed by atoms with Crippen molar-refractivity contribution < 1.29 is 4.92 Å². The topological polar surface area (TPSA) is 72.5 Å². The summed E-state index contributed by atoms with van der Waals surface area (Å²) in [6.07, 6.45) is 3.62. The molecule has 0 radical (unpaired) electrons. The number of fused-ring (bicyclic) bond motifs is 1. The lowest BCUT2D eigenvalue weighted by Gasteiger charge is -2.08. The molecule has 3 aromatic rings. The first-order valence-electron chi connectivity index (χ1n) is 6.13. The van der Waals surface area contributed by atoms with Gasteiger partial charge >= 0.3 is 0 Å². The van der Waals surface area contributed by atoms with Gasteiger partial charge in [0, 0.05) is 31.1 Å². The van der Waals surface area contributed by atoms with Crippen LogP contribution in [0.3, 0.4) is 0 Å². The molecule has 0 aliphatic heterocycles. The number of nitro groups is 1. The Bertz CT molecular complexity index is 749. The molecule has 0 fully saturated rings. The van der Waals surface area contributed by atoms with E-state index in [1.807, 2.05) is 28.8 Å². The Morgan fingerprint density at radius 1 is 1.20 bits per heavy atom. The van der Waals surface area contributed by atoms with Crippen molar-refractivity contribution in [3.63, 3.8) is 0 Å². The van der Waals surface area contributed by atoms with Crippen LogP contribution in [0.2, 0.25) is 0 Å². The molecule has 3 rings (SSSR count). The second kappa shape index (κ2) is 5.00. The van der Waals surface area contributed by atoms with Gasteiger partial charge in [-0.15, -0.1) is 0 Å². The molecule has 6 nitrogen and oxygen atoms in total. The first-order valence-corrected chi connectivity index (χ1v) is 6.13. The molecule has 0 amide bonds. The zero-order chi connectivity index (χ0) is 13.9. The fraction of sp³-hybridized carbons (Fsp3) is 0.0714. The van der Waals surface area contributed by atoms with E-state index < -0.39 is 4.92 Å². The van der Waals surface area contributed by atoms with Crippen LogP contribution in [0.4, 0.5) is 11.5 Å². The van der Waals surface area contributed by atoms with Gasteiger partial charge in [0.2, 0.25) is 0 Å². The highest BCUT2D eigenvalue weighted by molar-refractivity contribution is 5.50. The van der Waals surface area contributed by atoms with Gasteiger partial charge in [-0.05, 0) is 17.7 Å². The van der Waals surface area contributed by atoms with Crippen LogP contribution in [0.5, 0.6) is 0 Å². The number of nitro benzene ring substituents is 1. The third-order valence-corrected chi connectivity index (χ3v) is 3.05. The van der Waals surface area contributed by atoms with Crippen molar-refractivity contribution in [2.45, 2.75) is 6.54 Å². The molecule has 0 aliphatic carbocycles.